The second kappa shape index (κ2) is 11.7. The number of nitrogens with two attached hydrogens (primary N) is 1. The van der Waals surface area contributed by atoms with E-state index < -0.39 is 0 Å². The topological polar surface area (TPSA) is 82.8 Å². The molecule has 2 rings (SSSR count). The standard InChI is InChI=1S/C17H31N5O.HI/c1-19-17(21-15-6-2-3-7-15)20-10-4-5-11-22-12-8-14(9-13-22)16(18)23;/h2-3,14-15H,4-13H2,1H3,(H2,18,23)(H2,19,20,21);1H. The van der Waals surface area contributed by atoms with E-state index >= 15 is 0 Å². The molecule has 0 bridgehead atoms. The van der Waals surface area contributed by atoms with Gasteiger partial charge in [0.05, 0.1) is 0 Å². The van der Waals surface area contributed by atoms with Gasteiger partial charge < -0.3 is 21.3 Å². The number of hydrogen-bond acceptors (Lipinski definition) is 3. The first-order valence-corrected chi connectivity index (χ1v) is 8.83. The van der Waals surface area contributed by atoms with Crippen LogP contribution >= 0.6 is 24.0 Å². The van der Waals surface area contributed by atoms with Gasteiger partial charge in [-0.1, -0.05) is 12.2 Å². The van der Waals surface area contributed by atoms with Gasteiger partial charge in [0, 0.05) is 25.6 Å². The molecule has 138 valence electrons. The highest BCUT2D eigenvalue weighted by Crippen LogP contribution is 2.16. The molecule has 1 heterocycles. The molecule has 1 amide bonds. The van der Waals surface area contributed by atoms with E-state index in [1.165, 1.54) is 0 Å². The van der Waals surface area contributed by atoms with Crippen LogP contribution in [0.1, 0.15) is 38.5 Å². The first-order valence-electron chi connectivity index (χ1n) is 8.83. The largest absolute Gasteiger partial charge is 0.369 e. The number of likely N-dealkylation sites (tertiary alicyclic amines) is 1. The summed E-state index contributed by atoms with van der Waals surface area (Å²) in [6.45, 7) is 4.04. The zero-order chi connectivity index (χ0) is 16.5. The van der Waals surface area contributed by atoms with Crippen LogP contribution in [0, 0.1) is 5.92 Å². The maximum Gasteiger partial charge on any atom is 0.220 e. The fourth-order valence-electron chi connectivity index (χ4n) is 3.23. The average Bonchev–Trinajstić information content (AvgIpc) is 3.07. The number of hydrogen-bond donors (Lipinski definition) is 3. The van der Waals surface area contributed by atoms with E-state index in [9.17, 15) is 4.79 Å². The van der Waals surface area contributed by atoms with Crippen molar-refractivity contribution in [2.24, 2.45) is 16.6 Å². The van der Waals surface area contributed by atoms with Crippen LogP contribution < -0.4 is 16.4 Å². The first kappa shape index (κ1) is 21.2. The Hall–Kier alpha value is -0.830. The van der Waals surface area contributed by atoms with E-state index in [1.54, 1.807) is 0 Å². The molecule has 24 heavy (non-hydrogen) atoms. The zero-order valence-corrected chi connectivity index (χ0v) is 17.0. The molecule has 1 aliphatic heterocycles. The third-order valence-corrected chi connectivity index (χ3v) is 4.76. The van der Waals surface area contributed by atoms with Gasteiger partial charge in [-0.15, -0.1) is 24.0 Å². The number of amides is 1. The summed E-state index contributed by atoms with van der Waals surface area (Å²) in [5.41, 5.74) is 5.37. The number of carbonyl (C=O) groups is 1. The van der Waals surface area contributed by atoms with Gasteiger partial charge in [-0.05, 0) is 58.2 Å². The molecule has 7 heteroatoms. The van der Waals surface area contributed by atoms with Crippen LogP contribution in [0.15, 0.2) is 17.1 Å². The second-order valence-electron chi connectivity index (χ2n) is 6.51. The van der Waals surface area contributed by atoms with Crippen molar-refractivity contribution in [2.45, 2.75) is 44.6 Å². The molecule has 2 aliphatic rings. The molecule has 1 aliphatic carbocycles. The van der Waals surface area contributed by atoms with Crippen molar-refractivity contribution in [2.75, 3.05) is 33.2 Å². The Morgan fingerprint density at radius 3 is 2.50 bits per heavy atom. The Kier molecular flexibility index (Phi) is 10.3. The van der Waals surface area contributed by atoms with Gasteiger partial charge in [-0.25, -0.2) is 0 Å². The monoisotopic (exact) mass is 449 g/mol. The van der Waals surface area contributed by atoms with E-state index in [4.69, 9.17) is 5.73 Å². The number of piperidine rings is 1. The molecule has 1 saturated heterocycles. The van der Waals surface area contributed by atoms with Crippen molar-refractivity contribution >= 4 is 35.8 Å². The Labute approximate surface area is 162 Å². The molecule has 0 aromatic rings. The van der Waals surface area contributed by atoms with Crippen LogP contribution in [0.2, 0.25) is 0 Å². The van der Waals surface area contributed by atoms with Crippen LogP contribution in [-0.2, 0) is 4.79 Å². The molecular formula is C17H32IN5O. The molecule has 0 unspecified atom stereocenters. The normalized spacial score (nSPS) is 20.0. The van der Waals surface area contributed by atoms with E-state index in [1.807, 2.05) is 7.05 Å². The van der Waals surface area contributed by atoms with Gasteiger partial charge in [0.1, 0.15) is 0 Å². The minimum Gasteiger partial charge on any atom is -0.369 e. The smallest absolute Gasteiger partial charge is 0.220 e. The average molecular weight is 449 g/mol. The SMILES string of the molecule is CN=C(NCCCCN1CCC(C(N)=O)CC1)NC1CC=CC1.I. The summed E-state index contributed by atoms with van der Waals surface area (Å²) in [6, 6.07) is 0.493. The minimum absolute atomic E-state index is 0. The maximum absolute atomic E-state index is 11.2. The van der Waals surface area contributed by atoms with Crippen molar-refractivity contribution in [3.05, 3.63) is 12.2 Å². The number of rotatable bonds is 7. The first-order chi connectivity index (χ1) is 11.2. The summed E-state index contributed by atoms with van der Waals surface area (Å²) in [7, 11) is 1.82. The van der Waals surface area contributed by atoms with Crippen LogP contribution in [-0.4, -0.2) is 56.0 Å². The van der Waals surface area contributed by atoms with Crippen LogP contribution in [0.4, 0.5) is 0 Å². The number of guanidine groups is 1. The lowest BCUT2D eigenvalue weighted by atomic mass is 9.96. The molecule has 6 nitrogen and oxygen atoms in total. The van der Waals surface area contributed by atoms with Gasteiger partial charge in [-0.2, -0.15) is 0 Å². The zero-order valence-electron chi connectivity index (χ0n) is 14.7. The lowest BCUT2D eigenvalue weighted by molar-refractivity contribution is -0.123. The van der Waals surface area contributed by atoms with Gasteiger partial charge in [0.15, 0.2) is 5.96 Å². The van der Waals surface area contributed by atoms with Crippen LogP contribution in [0.5, 0.6) is 0 Å². The lowest BCUT2D eigenvalue weighted by Gasteiger charge is -2.30. The quantitative estimate of drug-likeness (QED) is 0.181. The highest BCUT2D eigenvalue weighted by Gasteiger charge is 2.22. The predicted molar refractivity (Wildman–Crippen MR) is 110 cm³/mol. The van der Waals surface area contributed by atoms with Gasteiger partial charge in [-0.3, -0.25) is 9.79 Å². The molecule has 0 saturated carbocycles. The summed E-state index contributed by atoms with van der Waals surface area (Å²) in [4.78, 5) is 17.9. The summed E-state index contributed by atoms with van der Waals surface area (Å²) < 4.78 is 0. The van der Waals surface area contributed by atoms with E-state index in [-0.39, 0.29) is 35.8 Å². The number of unbranched alkanes of at least 4 members (excludes halogenated alkanes) is 1. The molecule has 0 atom stereocenters. The van der Waals surface area contributed by atoms with Crippen molar-refractivity contribution in [1.29, 1.82) is 0 Å². The van der Waals surface area contributed by atoms with Crippen LogP contribution in [0.25, 0.3) is 0 Å². The molecule has 0 spiro atoms. The molecule has 4 N–H and O–H groups in total. The Morgan fingerprint density at radius 2 is 1.92 bits per heavy atom. The van der Waals surface area contributed by atoms with Crippen molar-refractivity contribution < 1.29 is 4.79 Å². The number of nitrogens with zero attached hydrogens (tertiary/aromatic N) is 2. The minimum atomic E-state index is -0.134. The molecule has 0 radical (unpaired) electrons. The Morgan fingerprint density at radius 1 is 1.25 bits per heavy atom. The summed E-state index contributed by atoms with van der Waals surface area (Å²) >= 11 is 0. The van der Waals surface area contributed by atoms with Crippen molar-refractivity contribution in [3.63, 3.8) is 0 Å². The highest BCUT2D eigenvalue weighted by molar-refractivity contribution is 14.0. The summed E-state index contributed by atoms with van der Waals surface area (Å²) in [6.07, 6.45) is 10.7. The van der Waals surface area contributed by atoms with Gasteiger partial charge in [0.25, 0.3) is 0 Å². The maximum atomic E-state index is 11.2. The van der Waals surface area contributed by atoms with E-state index in [0.717, 1.165) is 70.7 Å². The lowest BCUT2D eigenvalue weighted by Crippen LogP contribution is -2.43. The van der Waals surface area contributed by atoms with Crippen molar-refractivity contribution in [3.8, 4) is 0 Å². The molecule has 0 aromatic heterocycles. The summed E-state index contributed by atoms with van der Waals surface area (Å²) in [5, 5.41) is 6.83. The van der Waals surface area contributed by atoms with Gasteiger partial charge in [0.2, 0.25) is 5.91 Å². The summed E-state index contributed by atoms with van der Waals surface area (Å²) in [5.74, 6) is 0.860. The van der Waals surface area contributed by atoms with Gasteiger partial charge >= 0.3 is 0 Å². The Balaban J connectivity index is 0.00000288. The number of carbonyl (C=O) groups excluding carboxylic acids is 1. The fourth-order valence-corrected chi connectivity index (χ4v) is 3.23. The number of halogens is 1. The Bertz CT molecular complexity index is 425. The highest BCUT2D eigenvalue weighted by atomic mass is 127. The predicted octanol–water partition coefficient (Wildman–Crippen LogP) is 1.47. The molecule has 1 fully saturated rings. The molecule has 0 aromatic carbocycles. The molecular weight excluding hydrogens is 417 g/mol. The van der Waals surface area contributed by atoms with E-state index in [2.05, 4.69) is 32.7 Å². The van der Waals surface area contributed by atoms with Crippen molar-refractivity contribution in [1.82, 2.24) is 15.5 Å². The number of nitrogens with one attached hydrogen (secondary N) is 2. The number of primary amides is 1. The fraction of sp³-hybridized carbons (Fsp3) is 0.765. The number of aliphatic imine (C=N–C) groups is 1. The third-order valence-electron chi connectivity index (χ3n) is 4.76. The second-order valence-corrected chi connectivity index (χ2v) is 6.51. The van der Waals surface area contributed by atoms with E-state index in [0.29, 0.717) is 6.04 Å². The van der Waals surface area contributed by atoms with Crippen LogP contribution in [0.3, 0.4) is 0 Å². The third kappa shape index (κ3) is 7.38.